The average molecular weight is 191 g/mol. The lowest BCUT2D eigenvalue weighted by atomic mass is 10.2. The SMILES string of the molecule is CSC(C)CNC(C)CC(=O)O. The van der Waals surface area contributed by atoms with Gasteiger partial charge in [0.05, 0.1) is 6.42 Å². The highest BCUT2D eigenvalue weighted by atomic mass is 32.2. The third kappa shape index (κ3) is 6.49. The standard InChI is InChI=1S/C8H17NO2S/c1-6(4-8(10)11)9-5-7(2)12-3/h6-7,9H,4-5H2,1-3H3,(H,10,11). The van der Waals surface area contributed by atoms with E-state index < -0.39 is 5.97 Å². The first-order valence-corrected chi connectivity index (χ1v) is 5.33. The molecule has 0 aliphatic carbocycles. The lowest BCUT2D eigenvalue weighted by molar-refractivity contribution is -0.137. The van der Waals surface area contributed by atoms with Gasteiger partial charge in [0.1, 0.15) is 0 Å². The maximum absolute atomic E-state index is 10.3. The highest BCUT2D eigenvalue weighted by Gasteiger charge is 2.07. The van der Waals surface area contributed by atoms with Crippen molar-refractivity contribution in [3.8, 4) is 0 Å². The summed E-state index contributed by atoms with van der Waals surface area (Å²) in [5, 5.41) is 12.2. The highest BCUT2D eigenvalue weighted by molar-refractivity contribution is 7.99. The van der Waals surface area contributed by atoms with E-state index in [0.29, 0.717) is 5.25 Å². The maximum atomic E-state index is 10.3. The summed E-state index contributed by atoms with van der Waals surface area (Å²) in [5.74, 6) is -0.744. The molecular formula is C8H17NO2S. The van der Waals surface area contributed by atoms with Crippen molar-refractivity contribution < 1.29 is 9.90 Å². The van der Waals surface area contributed by atoms with Gasteiger partial charge in [-0.05, 0) is 13.2 Å². The highest BCUT2D eigenvalue weighted by Crippen LogP contribution is 2.03. The van der Waals surface area contributed by atoms with Crippen LogP contribution in [0.5, 0.6) is 0 Å². The molecule has 4 heteroatoms. The quantitative estimate of drug-likeness (QED) is 0.662. The summed E-state index contributed by atoms with van der Waals surface area (Å²) in [6.07, 6.45) is 2.25. The minimum Gasteiger partial charge on any atom is -0.481 e. The molecule has 3 nitrogen and oxygen atoms in total. The number of carbonyl (C=O) groups is 1. The fraction of sp³-hybridized carbons (Fsp3) is 0.875. The van der Waals surface area contributed by atoms with E-state index in [-0.39, 0.29) is 12.5 Å². The van der Waals surface area contributed by atoms with Crippen LogP contribution in [0.1, 0.15) is 20.3 Å². The van der Waals surface area contributed by atoms with E-state index in [1.54, 1.807) is 11.8 Å². The maximum Gasteiger partial charge on any atom is 0.304 e. The first kappa shape index (κ1) is 11.8. The summed E-state index contributed by atoms with van der Waals surface area (Å²) in [6.45, 7) is 4.88. The van der Waals surface area contributed by atoms with Gasteiger partial charge < -0.3 is 10.4 Å². The number of carboxylic acids is 1. The zero-order valence-corrected chi connectivity index (χ0v) is 8.65. The molecule has 0 aliphatic rings. The second kappa shape index (κ2) is 6.31. The van der Waals surface area contributed by atoms with Crippen molar-refractivity contribution in [3.05, 3.63) is 0 Å². The molecule has 0 rings (SSSR count). The summed E-state index contributed by atoms with van der Waals surface area (Å²) >= 11 is 1.78. The fourth-order valence-electron chi connectivity index (χ4n) is 0.785. The van der Waals surface area contributed by atoms with Crippen molar-refractivity contribution in [2.45, 2.75) is 31.6 Å². The van der Waals surface area contributed by atoms with Crippen LogP contribution in [0.25, 0.3) is 0 Å². The van der Waals surface area contributed by atoms with Crippen LogP contribution in [-0.4, -0.2) is 35.2 Å². The van der Waals surface area contributed by atoms with E-state index in [9.17, 15) is 4.79 Å². The second-order valence-corrected chi connectivity index (χ2v) is 4.23. The van der Waals surface area contributed by atoms with Crippen molar-refractivity contribution in [2.24, 2.45) is 0 Å². The van der Waals surface area contributed by atoms with E-state index in [4.69, 9.17) is 5.11 Å². The van der Waals surface area contributed by atoms with Crippen molar-refractivity contribution in [1.82, 2.24) is 5.32 Å². The molecule has 0 aromatic rings. The smallest absolute Gasteiger partial charge is 0.304 e. The zero-order valence-electron chi connectivity index (χ0n) is 7.83. The average Bonchev–Trinajstić information content (AvgIpc) is 1.99. The van der Waals surface area contributed by atoms with E-state index >= 15 is 0 Å². The lowest BCUT2D eigenvalue weighted by Gasteiger charge is -2.14. The molecule has 12 heavy (non-hydrogen) atoms. The Kier molecular flexibility index (Phi) is 6.20. The van der Waals surface area contributed by atoms with Crippen LogP contribution in [0.2, 0.25) is 0 Å². The molecule has 0 heterocycles. The number of thioether (sulfide) groups is 1. The molecule has 0 fully saturated rings. The zero-order chi connectivity index (χ0) is 9.56. The lowest BCUT2D eigenvalue weighted by Crippen LogP contribution is -2.32. The molecule has 0 saturated heterocycles. The summed E-state index contributed by atoms with van der Waals surface area (Å²) in [7, 11) is 0. The van der Waals surface area contributed by atoms with Crippen molar-refractivity contribution >= 4 is 17.7 Å². The largest absolute Gasteiger partial charge is 0.481 e. The Morgan fingerprint density at radius 1 is 1.58 bits per heavy atom. The molecule has 72 valence electrons. The molecule has 0 spiro atoms. The van der Waals surface area contributed by atoms with Gasteiger partial charge in [0.25, 0.3) is 0 Å². The Hall–Kier alpha value is -0.220. The normalized spacial score (nSPS) is 15.6. The van der Waals surface area contributed by atoms with Crippen LogP contribution in [0.15, 0.2) is 0 Å². The van der Waals surface area contributed by atoms with Gasteiger partial charge in [-0.1, -0.05) is 6.92 Å². The van der Waals surface area contributed by atoms with Crippen LogP contribution < -0.4 is 5.32 Å². The molecule has 0 bridgehead atoms. The summed E-state index contributed by atoms with van der Waals surface area (Å²) in [5.41, 5.74) is 0. The molecule has 0 aromatic heterocycles. The van der Waals surface area contributed by atoms with Crippen LogP contribution in [0, 0.1) is 0 Å². The number of aliphatic carboxylic acids is 1. The van der Waals surface area contributed by atoms with Gasteiger partial charge in [-0.15, -0.1) is 0 Å². The van der Waals surface area contributed by atoms with Crippen LogP contribution in [-0.2, 0) is 4.79 Å². The van der Waals surface area contributed by atoms with E-state index in [1.165, 1.54) is 0 Å². The molecule has 2 N–H and O–H groups in total. The Balaban J connectivity index is 3.43. The Morgan fingerprint density at radius 2 is 2.17 bits per heavy atom. The first-order valence-electron chi connectivity index (χ1n) is 4.04. The second-order valence-electron chi connectivity index (χ2n) is 2.95. The Labute approximate surface area is 77.9 Å². The van der Waals surface area contributed by atoms with Gasteiger partial charge in [-0.2, -0.15) is 11.8 Å². The van der Waals surface area contributed by atoms with Crippen molar-refractivity contribution in [2.75, 3.05) is 12.8 Å². The van der Waals surface area contributed by atoms with E-state index in [0.717, 1.165) is 6.54 Å². The van der Waals surface area contributed by atoms with E-state index in [2.05, 4.69) is 12.2 Å². The van der Waals surface area contributed by atoms with Gasteiger partial charge in [0.15, 0.2) is 0 Å². The third-order valence-corrected chi connectivity index (χ3v) is 2.61. The molecule has 0 radical (unpaired) electrons. The van der Waals surface area contributed by atoms with Crippen LogP contribution >= 0.6 is 11.8 Å². The first-order chi connectivity index (χ1) is 5.56. The van der Waals surface area contributed by atoms with Gasteiger partial charge in [0.2, 0.25) is 0 Å². The van der Waals surface area contributed by atoms with Gasteiger partial charge in [-0.3, -0.25) is 4.79 Å². The molecular weight excluding hydrogens is 174 g/mol. The molecule has 2 atom stereocenters. The minimum atomic E-state index is -0.744. The van der Waals surface area contributed by atoms with Crippen molar-refractivity contribution in [3.63, 3.8) is 0 Å². The van der Waals surface area contributed by atoms with Crippen molar-refractivity contribution in [1.29, 1.82) is 0 Å². The molecule has 0 aliphatic heterocycles. The summed E-state index contributed by atoms with van der Waals surface area (Å²) in [4.78, 5) is 10.3. The number of hydrogen-bond acceptors (Lipinski definition) is 3. The van der Waals surface area contributed by atoms with Crippen LogP contribution in [0.3, 0.4) is 0 Å². The van der Waals surface area contributed by atoms with E-state index in [1.807, 2.05) is 13.2 Å². The van der Waals surface area contributed by atoms with Gasteiger partial charge in [0, 0.05) is 17.8 Å². The fourth-order valence-corrected chi connectivity index (χ4v) is 1.05. The topological polar surface area (TPSA) is 49.3 Å². The molecule has 0 aromatic carbocycles. The Bertz CT molecular complexity index is 141. The predicted molar refractivity (Wildman–Crippen MR) is 52.7 cm³/mol. The monoisotopic (exact) mass is 191 g/mol. The number of carboxylic acid groups (broad SMARTS) is 1. The molecule has 0 saturated carbocycles. The molecule has 2 unspecified atom stereocenters. The molecule has 0 amide bonds. The Morgan fingerprint density at radius 3 is 2.58 bits per heavy atom. The summed E-state index contributed by atoms with van der Waals surface area (Å²) in [6, 6.07) is 0.0668. The predicted octanol–water partition coefficient (Wildman–Crippen LogP) is 1.19. The van der Waals surface area contributed by atoms with Gasteiger partial charge >= 0.3 is 5.97 Å². The number of rotatable bonds is 6. The third-order valence-electron chi connectivity index (χ3n) is 1.64. The number of nitrogens with one attached hydrogen (secondary N) is 1. The minimum absolute atomic E-state index is 0.0668. The number of hydrogen-bond donors (Lipinski definition) is 2. The summed E-state index contributed by atoms with van der Waals surface area (Å²) < 4.78 is 0. The van der Waals surface area contributed by atoms with Crippen LogP contribution in [0.4, 0.5) is 0 Å². The van der Waals surface area contributed by atoms with Gasteiger partial charge in [-0.25, -0.2) is 0 Å².